The van der Waals surface area contributed by atoms with E-state index in [0.29, 0.717) is 30.1 Å². The molecule has 21 heavy (non-hydrogen) atoms. The van der Waals surface area contributed by atoms with Gasteiger partial charge in [-0.2, -0.15) is 0 Å². The summed E-state index contributed by atoms with van der Waals surface area (Å²) in [4.78, 5) is 22.3. The number of carbonyl (C=O) groups excluding carboxylic acids is 1. The number of hydrogen-bond donors (Lipinski definition) is 2. The lowest BCUT2D eigenvalue weighted by Gasteiger charge is -2.23. The molecule has 1 aliphatic heterocycles. The van der Waals surface area contributed by atoms with Gasteiger partial charge in [-0.1, -0.05) is 20.3 Å². The smallest absolute Gasteiger partial charge is 0.294 e. The van der Waals surface area contributed by atoms with E-state index in [1.54, 1.807) is 6.07 Å². The molecule has 0 saturated heterocycles. The minimum atomic E-state index is -0.410. The Labute approximate surface area is 124 Å². The molecule has 2 rings (SSSR count). The number of carbonyl (C=O) groups is 1. The van der Waals surface area contributed by atoms with Crippen molar-refractivity contribution in [2.24, 2.45) is 5.92 Å². The summed E-state index contributed by atoms with van der Waals surface area (Å²) >= 11 is 0. The highest BCUT2D eigenvalue weighted by atomic mass is 16.6. The van der Waals surface area contributed by atoms with Crippen LogP contribution in [0.15, 0.2) is 12.1 Å². The number of anilines is 2. The first-order valence-electron chi connectivity index (χ1n) is 7.30. The van der Waals surface area contributed by atoms with Crippen molar-refractivity contribution in [3.8, 4) is 0 Å². The second-order valence-corrected chi connectivity index (χ2v) is 5.65. The summed E-state index contributed by atoms with van der Waals surface area (Å²) < 4.78 is 0. The summed E-state index contributed by atoms with van der Waals surface area (Å²) in [5.41, 5.74) is 2.03. The van der Waals surface area contributed by atoms with Crippen LogP contribution in [0, 0.1) is 16.0 Å². The van der Waals surface area contributed by atoms with Gasteiger partial charge in [0.05, 0.1) is 10.6 Å². The number of amides is 1. The number of aryl methyl sites for hydroxylation is 1. The highest BCUT2D eigenvalue weighted by Crippen LogP contribution is 2.35. The number of benzene rings is 1. The van der Waals surface area contributed by atoms with Gasteiger partial charge in [-0.25, -0.2) is 0 Å². The molecule has 2 atom stereocenters. The van der Waals surface area contributed by atoms with Crippen LogP contribution >= 0.6 is 0 Å². The molecular weight excluding hydrogens is 270 g/mol. The van der Waals surface area contributed by atoms with Gasteiger partial charge in [-0.15, -0.1) is 0 Å². The Morgan fingerprint density at radius 3 is 2.71 bits per heavy atom. The number of hydrogen-bond acceptors (Lipinski definition) is 4. The molecule has 0 aliphatic carbocycles. The molecule has 2 N–H and O–H groups in total. The van der Waals surface area contributed by atoms with Gasteiger partial charge in [0, 0.05) is 18.5 Å². The van der Waals surface area contributed by atoms with Crippen LogP contribution in [-0.4, -0.2) is 16.9 Å². The molecule has 1 heterocycles. The first-order valence-corrected chi connectivity index (χ1v) is 7.30. The van der Waals surface area contributed by atoms with Gasteiger partial charge < -0.3 is 10.6 Å². The van der Waals surface area contributed by atoms with Gasteiger partial charge in [0.1, 0.15) is 5.69 Å². The van der Waals surface area contributed by atoms with Crippen molar-refractivity contribution in [1.29, 1.82) is 0 Å². The molecule has 1 amide bonds. The van der Waals surface area contributed by atoms with Crippen LogP contribution in [0.4, 0.5) is 17.1 Å². The Kier molecular flexibility index (Phi) is 4.45. The predicted molar refractivity (Wildman–Crippen MR) is 82.6 cm³/mol. The topological polar surface area (TPSA) is 84.3 Å². The van der Waals surface area contributed by atoms with E-state index in [9.17, 15) is 14.9 Å². The lowest BCUT2D eigenvalue weighted by Crippen LogP contribution is -2.24. The minimum Gasteiger partial charge on any atom is -0.377 e. The Balaban J connectivity index is 2.35. The van der Waals surface area contributed by atoms with E-state index in [2.05, 4.69) is 24.5 Å². The summed E-state index contributed by atoms with van der Waals surface area (Å²) in [5, 5.41) is 17.2. The number of rotatable bonds is 5. The van der Waals surface area contributed by atoms with E-state index in [4.69, 9.17) is 0 Å². The quantitative estimate of drug-likeness (QED) is 0.643. The first-order chi connectivity index (χ1) is 9.92. The number of nitrogens with zero attached hydrogens (tertiary/aromatic N) is 1. The van der Waals surface area contributed by atoms with Crippen molar-refractivity contribution in [2.75, 3.05) is 10.6 Å². The van der Waals surface area contributed by atoms with Crippen LogP contribution in [0.25, 0.3) is 0 Å². The van der Waals surface area contributed by atoms with E-state index in [-0.39, 0.29) is 17.6 Å². The molecule has 0 spiro atoms. The fraction of sp³-hybridized carbons (Fsp3) is 0.533. The standard InChI is InChI=1S/C15H21N3O3/c1-4-9(2)10(3)16-13-7-11-5-6-15(19)17-12(11)8-14(13)18(20)21/h7-10,16H,4-6H2,1-3H3,(H,17,19). The van der Waals surface area contributed by atoms with Gasteiger partial charge >= 0.3 is 0 Å². The molecule has 2 unspecified atom stereocenters. The third-order valence-electron chi connectivity index (χ3n) is 4.19. The molecule has 114 valence electrons. The number of nitrogens with one attached hydrogen (secondary N) is 2. The average Bonchev–Trinajstić information content (AvgIpc) is 2.45. The molecule has 0 bridgehead atoms. The van der Waals surface area contributed by atoms with Crippen molar-refractivity contribution >= 4 is 23.0 Å². The van der Waals surface area contributed by atoms with Crippen LogP contribution in [0.2, 0.25) is 0 Å². The summed E-state index contributed by atoms with van der Waals surface area (Å²) in [7, 11) is 0. The number of nitro groups is 1. The third-order valence-corrected chi connectivity index (χ3v) is 4.19. The molecule has 0 fully saturated rings. The highest BCUT2D eigenvalue weighted by Gasteiger charge is 2.24. The fourth-order valence-corrected chi connectivity index (χ4v) is 2.42. The maximum absolute atomic E-state index is 11.4. The van der Waals surface area contributed by atoms with Crippen LogP contribution in [0.3, 0.4) is 0 Å². The van der Waals surface area contributed by atoms with Crippen molar-refractivity contribution in [3.63, 3.8) is 0 Å². The summed E-state index contributed by atoms with van der Waals surface area (Å²) in [5.74, 6) is 0.325. The normalized spacial score (nSPS) is 16.6. The van der Waals surface area contributed by atoms with E-state index in [1.165, 1.54) is 6.07 Å². The van der Waals surface area contributed by atoms with E-state index >= 15 is 0 Å². The maximum Gasteiger partial charge on any atom is 0.294 e. The van der Waals surface area contributed by atoms with E-state index in [0.717, 1.165) is 12.0 Å². The zero-order valence-electron chi connectivity index (χ0n) is 12.6. The van der Waals surface area contributed by atoms with E-state index in [1.807, 2.05) is 6.92 Å². The molecule has 0 radical (unpaired) electrons. The van der Waals surface area contributed by atoms with Crippen molar-refractivity contribution in [1.82, 2.24) is 0 Å². The number of fused-ring (bicyclic) bond motifs is 1. The predicted octanol–water partition coefficient (Wildman–Crippen LogP) is 3.33. The van der Waals surface area contributed by atoms with Crippen molar-refractivity contribution in [3.05, 3.63) is 27.8 Å². The Morgan fingerprint density at radius 2 is 2.10 bits per heavy atom. The molecular formula is C15H21N3O3. The van der Waals surface area contributed by atoms with Gasteiger partial charge in [-0.3, -0.25) is 14.9 Å². The van der Waals surface area contributed by atoms with Crippen LogP contribution in [0.5, 0.6) is 0 Å². The van der Waals surface area contributed by atoms with Crippen LogP contribution in [0.1, 0.15) is 39.2 Å². The van der Waals surface area contributed by atoms with Gasteiger partial charge in [0.2, 0.25) is 5.91 Å². The zero-order chi connectivity index (χ0) is 15.6. The second-order valence-electron chi connectivity index (χ2n) is 5.65. The van der Waals surface area contributed by atoms with Gasteiger partial charge in [-0.05, 0) is 30.9 Å². The second kappa shape index (κ2) is 6.11. The monoisotopic (exact) mass is 291 g/mol. The molecule has 0 aromatic heterocycles. The molecule has 6 nitrogen and oxygen atoms in total. The largest absolute Gasteiger partial charge is 0.377 e. The van der Waals surface area contributed by atoms with Crippen molar-refractivity contribution in [2.45, 2.75) is 46.1 Å². The van der Waals surface area contributed by atoms with Crippen LogP contribution < -0.4 is 10.6 Å². The average molecular weight is 291 g/mol. The Morgan fingerprint density at radius 1 is 1.38 bits per heavy atom. The molecule has 6 heteroatoms. The SMILES string of the molecule is CCC(C)C(C)Nc1cc2c(cc1[N+](=O)[O-])NC(=O)CC2. The minimum absolute atomic E-state index is 0.00565. The highest BCUT2D eigenvalue weighted by molar-refractivity contribution is 5.95. The summed E-state index contributed by atoms with van der Waals surface area (Å²) in [6.45, 7) is 6.24. The Bertz CT molecular complexity index is 572. The van der Waals surface area contributed by atoms with E-state index < -0.39 is 4.92 Å². The summed E-state index contributed by atoms with van der Waals surface area (Å²) in [6.07, 6.45) is 2.04. The molecule has 0 saturated carbocycles. The number of nitro benzene ring substituents is 1. The van der Waals surface area contributed by atoms with Gasteiger partial charge in [0.15, 0.2) is 0 Å². The lowest BCUT2D eigenvalue weighted by atomic mass is 9.98. The molecule has 1 aromatic rings. The lowest BCUT2D eigenvalue weighted by molar-refractivity contribution is -0.383. The zero-order valence-corrected chi connectivity index (χ0v) is 12.6. The summed E-state index contributed by atoms with van der Waals surface area (Å²) in [6, 6.07) is 3.40. The van der Waals surface area contributed by atoms with Gasteiger partial charge in [0.25, 0.3) is 5.69 Å². The maximum atomic E-state index is 11.4. The fourth-order valence-electron chi connectivity index (χ4n) is 2.42. The molecule has 1 aliphatic rings. The Hall–Kier alpha value is -2.11. The first kappa shape index (κ1) is 15.3. The molecule has 1 aromatic carbocycles. The van der Waals surface area contributed by atoms with Crippen molar-refractivity contribution < 1.29 is 9.72 Å². The third kappa shape index (κ3) is 3.32. The van der Waals surface area contributed by atoms with Crippen LogP contribution in [-0.2, 0) is 11.2 Å².